The van der Waals surface area contributed by atoms with Crippen molar-refractivity contribution >= 4 is 22.9 Å². The Kier molecular flexibility index (Phi) is 0.648. The molecule has 2 aromatic rings. The number of fused-ring (bicyclic) bond motifs is 1. The van der Waals surface area contributed by atoms with Gasteiger partial charge < -0.3 is 4.98 Å². The van der Waals surface area contributed by atoms with Gasteiger partial charge in [-0.1, -0.05) is 0 Å². The quantitative estimate of drug-likeness (QED) is 0.571. The molecule has 0 aromatic carbocycles. The minimum absolute atomic E-state index is 0.884. The van der Waals surface area contributed by atoms with Crippen LogP contribution in [-0.2, 0) is 0 Å². The van der Waals surface area contributed by atoms with Gasteiger partial charge in [0.1, 0.15) is 5.52 Å². The average Bonchev–Trinajstić information content (AvgIpc) is 2.15. The Bertz CT molecular complexity index is 233. The van der Waals surface area contributed by atoms with Crippen molar-refractivity contribution in [3.05, 3.63) is 12.3 Å². The van der Waals surface area contributed by atoms with E-state index in [2.05, 4.69) is 13.7 Å². The molecule has 2 aromatic heterocycles. The lowest BCUT2D eigenvalue weighted by atomic mass is 10.6. The molecule has 0 bridgehead atoms. The van der Waals surface area contributed by atoms with E-state index in [0.717, 1.165) is 11.2 Å². The lowest BCUT2D eigenvalue weighted by Crippen LogP contribution is -1.57. The van der Waals surface area contributed by atoms with Crippen molar-refractivity contribution in [2.24, 2.45) is 0 Å². The van der Waals surface area contributed by atoms with Gasteiger partial charge >= 0.3 is 0 Å². The summed E-state index contributed by atoms with van der Waals surface area (Å²) in [4.78, 5) is 2.94. The van der Waals surface area contributed by atoms with Gasteiger partial charge in [-0.15, -0.1) is 0 Å². The molecule has 1 N–H and O–H groups in total. The van der Waals surface area contributed by atoms with Gasteiger partial charge in [0, 0.05) is 6.20 Å². The second-order valence-electron chi connectivity index (χ2n) is 1.48. The summed E-state index contributed by atoms with van der Waals surface area (Å²) in [5, 5.41) is 0. The van der Waals surface area contributed by atoms with Crippen LogP contribution in [0.15, 0.2) is 12.3 Å². The third-order valence-electron chi connectivity index (χ3n) is 0.975. The Morgan fingerprint density at radius 1 is 1.50 bits per heavy atom. The van der Waals surface area contributed by atoms with E-state index in [1.165, 1.54) is 11.7 Å². The van der Waals surface area contributed by atoms with Gasteiger partial charge in [0.05, 0.1) is 11.7 Å². The Morgan fingerprint density at radius 3 is 3.38 bits per heavy atom. The van der Waals surface area contributed by atoms with Crippen molar-refractivity contribution in [2.75, 3.05) is 0 Å². The van der Waals surface area contributed by atoms with Crippen LogP contribution in [0.3, 0.4) is 0 Å². The molecule has 3 nitrogen and oxygen atoms in total. The summed E-state index contributed by atoms with van der Waals surface area (Å²) >= 11 is 1.23. The fourth-order valence-corrected chi connectivity index (χ4v) is 1.11. The van der Waals surface area contributed by atoms with Crippen LogP contribution in [-0.4, -0.2) is 13.7 Å². The van der Waals surface area contributed by atoms with Crippen molar-refractivity contribution in [3.63, 3.8) is 0 Å². The van der Waals surface area contributed by atoms with Crippen molar-refractivity contribution in [3.8, 4) is 0 Å². The summed E-state index contributed by atoms with van der Waals surface area (Å²) in [6, 6.07) is 1.90. The monoisotopic (exact) mass is 125 g/mol. The topological polar surface area (TPSA) is 41.6 Å². The minimum Gasteiger partial charge on any atom is -0.344 e. The molecule has 40 valence electrons. The molecule has 0 spiro atoms. The maximum absolute atomic E-state index is 3.98. The summed E-state index contributed by atoms with van der Waals surface area (Å²) < 4.78 is 7.93. The zero-order valence-corrected chi connectivity index (χ0v) is 4.77. The normalized spacial score (nSPS) is 10.5. The molecule has 0 radical (unpaired) electrons. The first-order valence-electron chi connectivity index (χ1n) is 2.22. The summed E-state index contributed by atoms with van der Waals surface area (Å²) in [6.07, 6.45) is 1.83. The molecule has 0 fully saturated rings. The predicted molar refractivity (Wildman–Crippen MR) is 31.8 cm³/mol. The van der Waals surface area contributed by atoms with E-state index in [1.54, 1.807) is 0 Å². The molecule has 0 aliphatic carbocycles. The summed E-state index contributed by atoms with van der Waals surface area (Å²) in [6.45, 7) is 0. The number of H-pyrrole nitrogens is 1. The Labute approximate surface area is 49.7 Å². The van der Waals surface area contributed by atoms with Crippen LogP contribution in [0.2, 0.25) is 0 Å². The third-order valence-corrected chi connectivity index (χ3v) is 1.52. The number of nitrogens with zero attached hydrogens (tertiary/aromatic N) is 2. The molecular weight excluding hydrogens is 122 g/mol. The maximum Gasteiger partial charge on any atom is 0.171 e. The molecule has 0 aliphatic rings. The summed E-state index contributed by atoms with van der Waals surface area (Å²) in [5.41, 5.74) is 1.84. The molecule has 0 atom stereocenters. The first kappa shape index (κ1) is 4.03. The standard InChI is InChI=1S/C4H3N3S/c1-2-5-4-3(1)6-8-7-4/h1-2H,(H,5,7). The van der Waals surface area contributed by atoms with Gasteiger partial charge in [-0.05, 0) is 6.07 Å². The van der Waals surface area contributed by atoms with Crippen molar-refractivity contribution < 1.29 is 0 Å². The molecule has 8 heavy (non-hydrogen) atoms. The first-order chi connectivity index (χ1) is 3.97. The predicted octanol–water partition coefficient (Wildman–Crippen LogP) is 1.02. The number of hydrogen-bond donors (Lipinski definition) is 1. The highest BCUT2D eigenvalue weighted by molar-refractivity contribution is 7.00. The third kappa shape index (κ3) is 0.376. The highest BCUT2D eigenvalue weighted by Gasteiger charge is 1.93. The molecule has 0 saturated carbocycles. The molecular formula is C4H3N3S. The van der Waals surface area contributed by atoms with E-state index in [0.29, 0.717) is 0 Å². The van der Waals surface area contributed by atoms with Gasteiger partial charge in [-0.25, -0.2) is 0 Å². The van der Waals surface area contributed by atoms with Crippen LogP contribution in [0.25, 0.3) is 11.2 Å². The SMILES string of the molecule is c1cc2nsnc2[nH]1. The van der Waals surface area contributed by atoms with Gasteiger partial charge in [-0.2, -0.15) is 8.75 Å². The minimum atomic E-state index is 0.884. The van der Waals surface area contributed by atoms with E-state index < -0.39 is 0 Å². The van der Waals surface area contributed by atoms with Crippen LogP contribution < -0.4 is 0 Å². The van der Waals surface area contributed by atoms with Gasteiger partial charge in [0.15, 0.2) is 5.65 Å². The van der Waals surface area contributed by atoms with E-state index in [1.807, 2.05) is 12.3 Å². The Balaban J connectivity index is 3.06. The van der Waals surface area contributed by atoms with Crippen LogP contribution in [0.5, 0.6) is 0 Å². The van der Waals surface area contributed by atoms with E-state index in [4.69, 9.17) is 0 Å². The zero-order valence-electron chi connectivity index (χ0n) is 3.96. The molecule has 0 unspecified atom stereocenters. The summed E-state index contributed by atoms with van der Waals surface area (Å²) in [5.74, 6) is 0. The fourth-order valence-electron chi connectivity index (χ4n) is 0.604. The van der Waals surface area contributed by atoms with Gasteiger partial charge in [0.2, 0.25) is 0 Å². The molecule has 2 rings (SSSR count). The smallest absolute Gasteiger partial charge is 0.171 e. The van der Waals surface area contributed by atoms with Crippen molar-refractivity contribution in [1.29, 1.82) is 0 Å². The molecule has 0 saturated heterocycles. The second kappa shape index (κ2) is 1.29. The lowest BCUT2D eigenvalue weighted by molar-refractivity contribution is 1.42. The molecule has 0 aliphatic heterocycles. The largest absolute Gasteiger partial charge is 0.344 e. The molecule has 2 heterocycles. The summed E-state index contributed by atoms with van der Waals surface area (Å²) in [7, 11) is 0. The molecule has 0 amide bonds. The van der Waals surface area contributed by atoms with E-state index in [9.17, 15) is 0 Å². The van der Waals surface area contributed by atoms with Crippen LogP contribution in [0.4, 0.5) is 0 Å². The van der Waals surface area contributed by atoms with E-state index >= 15 is 0 Å². The number of rotatable bonds is 0. The number of aromatic amines is 1. The van der Waals surface area contributed by atoms with Gasteiger partial charge in [-0.3, -0.25) is 0 Å². The average molecular weight is 125 g/mol. The van der Waals surface area contributed by atoms with Gasteiger partial charge in [0.25, 0.3) is 0 Å². The van der Waals surface area contributed by atoms with Crippen molar-refractivity contribution in [1.82, 2.24) is 13.7 Å². The molecule has 4 heteroatoms. The Hall–Kier alpha value is -0.900. The Morgan fingerprint density at radius 2 is 2.50 bits per heavy atom. The fraction of sp³-hybridized carbons (Fsp3) is 0. The first-order valence-corrected chi connectivity index (χ1v) is 2.95. The van der Waals surface area contributed by atoms with Crippen LogP contribution in [0.1, 0.15) is 0 Å². The van der Waals surface area contributed by atoms with Crippen LogP contribution in [0, 0.1) is 0 Å². The highest BCUT2D eigenvalue weighted by atomic mass is 32.1. The second-order valence-corrected chi connectivity index (χ2v) is 2.00. The number of aromatic nitrogens is 3. The lowest BCUT2D eigenvalue weighted by Gasteiger charge is -1.62. The maximum atomic E-state index is 3.98. The van der Waals surface area contributed by atoms with E-state index in [-0.39, 0.29) is 0 Å². The van der Waals surface area contributed by atoms with Crippen molar-refractivity contribution in [2.45, 2.75) is 0 Å². The van der Waals surface area contributed by atoms with Crippen LogP contribution >= 0.6 is 11.7 Å². The number of nitrogens with one attached hydrogen (secondary N) is 1. The highest BCUT2D eigenvalue weighted by Crippen LogP contribution is 2.06. The zero-order chi connectivity index (χ0) is 5.40. The number of hydrogen-bond acceptors (Lipinski definition) is 3.